The Morgan fingerprint density at radius 2 is 1.74 bits per heavy atom. The van der Waals surface area contributed by atoms with Crippen LogP contribution in [-0.2, 0) is 12.8 Å². The molecule has 0 spiro atoms. The maximum absolute atomic E-state index is 12.6. The summed E-state index contributed by atoms with van der Waals surface area (Å²) in [5.41, 5.74) is 4.98. The minimum absolute atomic E-state index is 0.0208. The maximum Gasteiger partial charge on any atom is 0.321 e. The summed E-state index contributed by atoms with van der Waals surface area (Å²) in [6.07, 6.45) is 7.90. The summed E-state index contributed by atoms with van der Waals surface area (Å²) >= 11 is 0. The molecule has 2 aromatic rings. The lowest BCUT2D eigenvalue weighted by Gasteiger charge is -2.34. The van der Waals surface area contributed by atoms with Gasteiger partial charge < -0.3 is 10.2 Å². The Bertz CT molecular complexity index is 808. The van der Waals surface area contributed by atoms with Gasteiger partial charge in [0.15, 0.2) is 0 Å². The molecule has 1 aliphatic carbocycles. The van der Waals surface area contributed by atoms with E-state index >= 15 is 0 Å². The lowest BCUT2D eigenvalue weighted by atomic mass is 10.1. The van der Waals surface area contributed by atoms with E-state index in [4.69, 9.17) is 0 Å². The zero-order valence-electron chi connectivity index (χ0n) is 15.7. The number of amides is 2. The van der Waals surface area contributed by atoms with Gasteiger partial charge in [0.25, 0.3) is 0 Å². The van der Waals surface area contributed by atoms with Crippen molar-refractivity contribution in [3.05, 3.63) is 71.3 Å². The fraction of sp³-hybridized carbons (Fsp3) is 0.348. The topological polar surface area (TPSA) is 35.6 Å². The normalized spacial score (nSPS) is 17.3. The molecule has 1 N–H and O–H groups in total. The van der Waals surface area contributed by atoms with E-state index in [-0.39, 0.29) is 6.03 Å². The van der Waals surface area contributed by atoms with Gasteiger partial charge in [-0.25, -0.2) is 4.79 Å². The smallest absolute Gasteiger partial charge is 0.321 e. The monoisotopic (exact) mass is 361 g/mol. The molecule has 2 aliphatic rings. The van der Waals surface area contributed by atoms with Gasteiger partial charge in [-0.2, -0.15) is 0 Å². The summed E-state index contributed by atoms with van der Waals surface area (Å²) < 4.78 is 0. The van der Waals surface area contributed by atoms with Gasteiger partial charge in [-0.05, 0) is 48.1 Å². The lowest BCUT2D eigenvalue weighted by molar-refractivity contribution is 0.156. The predicted octanol–water partition coefficient (Wildman–Crippen LogP) is 4.04. The van der Waals surface area contributed by atoms with E-state index in [0.717, 1.165) is 44.8 Å². The van der Waals surface area contributed by atoms with Crippen molar-refractivity contribution in [1.82, 2.24) is 9.80 Å². The molecular weight excluding hydrogens is 334 g/mol. The Morgan fingerprint density at radius 3 is 2.56 bits per heavy atom. The van der Waals surface area contributed by atoms with Crippen LogP contribution in [0.4, 0.5) is 10.5 Å². The molecular formula is C23H27N3O. The quantitative estimate of drug-likeness (QED) is 0.892. The van der Waals surface area contributed by atoms with Gasteiger partial charge in [0.05, 0.1) is 0 Å². The molecule has 0 atom stereocenters. The first kappa shape index (κ1) is 17.8. The first-order valence-electron chi connectivity index (χ1n) is 9.89. The summed E-state index contributed by atoms with van der Waals surface area (Å²) in [5.74, 6) is 0. The number of fused-ring (bicyclic) bond motifs is 1. The molecule has 1 saturated heterocycles. The molecule has 1 aliphatic heterocycles. The molecule has 0 radical (unpaired) electrons. The number of carbonyl (C=O) groups excluding carboxylic acids is 1. The third kappa shape index (κ3) is 4.58. The van der Waals surface area contributed by atoms with E-state index in [0.29, 0.717) is 0 Å². The van der Waals surface area contributed by atoms with E-state index in [1.165, 1.54) is 29.5 Å². The molecule has 0 saturated carbocycles. The molecule has 0 aromatic heterocycles. The summed E-state index contributed by atoms with van der Waals surface area (Å²) in [6, 6.07) is 16.7. The highest BCUT2D eigenvalue weighted by Gasteiger charge is 2.21. The fourth-order valence-corrected chi connectivity index (χ4v) is 3.89. The average Bonchev–Trinajstić information content (AvgIpc) is 3.17. The van der Waals surface area contributed by atoms with Gasteiger partial charge in [-0.3, -0.25) is 4.90 Å². The number of hydrogen-bond donors (Lipinski definition) is 1. The molecule has 140 valence electrons. The number of carbonyl (C=O) groups is 1. The van der Waals surface area contributed by atoms with E-state index < -0.39 is 0 Å². The fourth-order valence-electron chi connectivity index (χ4n) is 3.89. The van der Waals surface area contributed by atoms with Crippen molar-refractivity contribution < 1.29 is 4.79 Å². The Balaban J connectivity index is 1.24. The second kappa shape index (κ2) is 8.40. The van der Waals surface area contributed by atoms with Crippen molar-refractivity contribution in [1.29, 1.82) is 0 Å². The van der Waals surface area contributed by atoms with E-state index in [1.54, 1.807) is 0 Å². The average molecular weight is 361 g/mol. The number of hydrogen-bond acceptors (Lipinski definition) is 2. The van der Waals surface area contributed by atoms with Crippen LogP contribution in [0, 0.1) is 0 Å². The number of anilines is 1. The molecule has 0 bridgehead atoms. The van der Waals surface area contributed by atoms with Crippen molar-refractivity contribution in [2.24, 2.45) is 0 Å². The summed E-state index contributed by atoms with van der Waals surface area (Å²) in [6.45, 7) is 4.30. The molecule has 4 nitrogen and oxygen atoms in total. The zero-order valence-corrected chi connectivity index (χ0v) is 15.7. The maximum atomic E-state index is 12.6. The van der Waals surface area contributed by atoms with Crippen LogP contribution >= 0.6 is 0 Å². The van der Waals surface area contributed by atoms with Crippen LogP contribution in [-0.4, -0.2) is 48.6 Å². The summed E-state index contributed by atoms with van der Waals surface area (Å²) in [5, 5.41) is 3.08. The van der Waals surface area contributed by atoms with Gasteiger partial charge in [0.2, 0.25) is 0 Å². The molecule has 4 rings (SSSR count). The van der Waals surface area contributed by atoms with Crippen molar-refractivity contribution in [3.63, 3.8) is 0 Å². The van der Waals surface area contributed by atoms with Gasteiger partial charge in [0.1, 0.15) is 0 Å². The van der Waals surface area contributed by atoms with Gasteiger partial charge in [-0.1, -0.05) is 48.6 Å². The van der Waals surface area contributed by atoms with Crippen LogP contribution in [0.2, 0.25) is 0 Å². The molecule has 4 heteroatoms. The van der Waals surface area contributed by atoms with Gasteiger partial charge in [-0.15, -0.1) is 0 Å². The van der Waals surface area contributed by atoms with E-state index in [9.17, 15) is 4.79 Å². The highest BCUT2D eigenvalue weighted by Crippen LogP contribution is 2.25. The number of urea groups is 1. The van der Waals surface area contributed by atoms with Gasteiger partial charge in [0, 0.05) is 38.4 Å². The summed E-state index contributed by atoms with van der Waals surface area (Å²) in [7, 11) is 0. The third-order valence-corrected chi connectivity index (χ3v) is 5.48. The van der Waals surface area contributed by atoms with Crippen molar-refractivity contribution in [2.45, 2.75) is 19.3 Å². The highest BCUT2D eigenvalue weighted by molar-refractivity contribution is 5.89. The second-order valence-electron chi connectivity index (χ2n) is 7.37. The Morgan fingerprint density at radius 1 is 0.963 bits per heavy atom. The first-order chi connectivity index (χ1) is 13.3. The Hall–Kier alpha value is -2.59. The third-order valence-electron chi connectivity index (χ3n) is 5.48. The number of piperazine rings is 1. The van der Waals surface area contributed by atoms with Gasteiger partial charge >= 0.3 is 6.03 Å². The number of rotatable bonds is 4. The Kier molecular flexibility index (Phi) is 5.54. The number of benzene rings is 2. The predicted molar refractivity (Wildman–Crippen MR) is 111 cm³/mol. The standard InChI is InChI=1S/C23H27N3O/c27-23(24-22-12-11-20-9-4-10-21(20)18-22)26-16-14-25(15-17-26)13-5-8-19-6-2-1-3-7-19/h1-3,5-8,11-12,18H,4,9-10,13-17H2,(H,24,27)/b8-5+. The van der Waals surface area contributed by atoms with Crippen LogP contribution in [0.25, 0.3) is 6.08 Å². The van der Waals surface area contributed by atoms with Crippen molar-refractivity contribution in [2.75, 3.05) is 38.0 Å². The van der Waals surface area contributed by atoms with E-state index in [2.05, 4.69) is 58.8 Å². The largest absolute Gasteiger partial charge is 0.322 e. The molecule has 1 fully saturated rings. The molecule has 27 heavy (non-hydrogen) atoms. The number of nitrogens with zero attached hydrogens (tertiary/aromatic N) is 2. The SMILES string of the molecule is O=C(Nc1ccc2c(c1)CCC2)N1CCN(C/C=C/c2ccccc2)CC1. The molecule has 1 heterocycles. The van der Waals surface area contributed by atoms with Crippen LogP contribution in [0.15, 0.2) is 54.6 Å². The van der Waals surface area contributed by atoms with Crippen LogP contribution in [0.1, 0.15) is 23.1 Å². The molecule has 2 aromatic carbocycles. The van der Waals surface area contributed by atoms with Crippen molar-refractivity contribution in [3.8, 4) is 0 Å². The van der Waals surface area contributed by atoms with Crippen LogP contribution in [0.3, 0.4) is 0 Å². The van der Waals surface area contributed by atoms with Crippen LogP contribution in [0.5, 0.6) is 0 Å². The summed E-state index contributed by atoms with van der Waals surface area (Å²) in [4.78, 5) is 16.9. The molecule has 0 unspecified atom stereocenters. The zero-order chi connectivity index (χ0) is 18.5. The Labute approximate surface area is 161 Å². The minimum atomic E-state index is 0.0208. The lowest BCUT2D eigenvalue weighted by Crippen LogP contribution is -2.49. The van der Waals surface area contributed by atoms with E-state index in [1.807, 2.05) is 17.0 Å². The first-order valence-corrected chi connectivity index (χ1v) is 9.89. The van der Waals surface area contributed by atoms with Crippen LogP contribution < -0.4 is 5.32 Å². The highest BCUT2D eigenvalue weighted by atomic mass is 16.2. The number of aryl methyl sites for hydroxylation is 2. The number of nitrogens with one attached hydrogen (secondary N) is 1. The second-order valence-corrected chi connectivity index (χ2v) is 7.37. The van der Waals surface area contributed by atoms with Crippen molar-refractivity contribution >= 4 is 17.8 Å². The molecule has 2 amide bonds. The minimum Gasteiger partial charge on any atom is -0.322 e.